The fourth-order valence-electron chi connectivity index (χ4n) is 1.27. The molecular weight excluding hydrogens is 166 g/mol. The summed E-state index contributed by atoms with van der Waals surface area (Å²) in [6.45, 7) is 7.14. The van der Waals surface area contributed by atoms with E-state index in [1.165, 1.54) is 5.57 Å². The van der Waals surface area contributed by atoms with E-state index in [9.17, 15) is 0 Å². The average molecular weight is 185 g/mol. The second-order valence-electron chi connectivity index (χ2n) is 3.08. The fraction of sp³-hybridized carbons (Fsp3) is 0.800. The van der Waals surface area contributed by atoms with Crippen LogP contribution >= 0.6 is 0 Å². The molecule has 0 aromatic rings. The van der Waals surface area contributed by atoms with Gasteiger partial charge in [0.2, 0.25) is 0 Å². The first kappa shape index (κ1) is 10.7. The molecule has 0 aliphatic carbocycles. The van der Waals surface area contributed by atoms with Crippen molar-refractivity contribution in [2.75, 3.05) is 39.5 Å². The molecule has 0 atom stereocenters. The molecule has 0 fully saturated rings. The van der Waals surface area contributed by atoms with E-state index < -0.39 is 0 Å². The molecule has 0 saturated heterocycles. The summed E-state index contributed by atoms with van der Waals surface area (Å²) < 4.78 is 10.5. The first-order chi connectivity index (χ1) is 6.43. The summed E-state index contributed by atoms with van der Waals surface area (Å²) in [6, 6.07) is 0. The molecule has 3 nitrogen and oxygen atoms in total. The van der Waals surface area contributed by atoms with Crippen LogP contribution in [0.2, 0.25) is 0 Å². The summed E-state index contributed by atoms with van der Waals surface area (Å²) in [5.74, 6) is 0. The lowest BCUT2D eigenvalue weighted by atomic mass is 10.2. The second kappa shape index (κ2) is 7.06. The minimum absolute atomic E-state index is 0.793. The van der Waals surface area contributed by atoms with Crippen molar-refractivity contribution in [3.63, 3.8) is 0 Å². The average Bonchev–Trinajstić information content (AvgIpc) is 2.19. The first-order valence-electron chi connectivity index (χ1n) is 4.97. The molecule has 3 heteroatoms. The molecule has 76 valence electrons. The molecule has 1 aliphatic rings. The maximum atomic E-state index is 5.32. The number of nitrogens with one attached hydrogen (secondary N) is 1. The molecule has 0 saturated carbocycles. The van der Waals surface area contributed by atoms with E-state index in [4.69, 9.17) is 9.47 Å². The first-order valence-corrected chi connectivity index (χ1v) is 4.97. The Morgan fingerprint density at radius 1 is 1.62 bits per heavy atom. The summed E-state index contributed by atoms with van der Waals surface area (Å²) in [6.07, 6.45) is 3.32. The minimum atomic E-state index is 0.793. The van der Waals surface area contributed by atoms with Crippen LogP contribution in [0.25, 0.3) is 0 Å². The van der Waals surface area contributed by atoms with Crippen molar-refractivity contribution in [1.29, 1.82) is 0 Å². The van der Waals surface area contributed by atoms with Gasteiger partial charge >= 0.3 is 0 Å². The molecule has 0 unspecified atom stereocenters. The molecule has 13 heavy (non-hydrogen) atoms. The van der Waals surface area contributed by atoms with Crippen molar-refractivity contribution in [2.24, 2.45) is 0 Å². The predicted octanol–water partition coefficient (Wildman–Crippen LogP) is 0.959. The SMILES string of the molecule is CCOCCNCC1=CCCOC1. The molecule has 0 radical (unpaired) electrons. The van der Waals surface area contributed by atoms with E-state index in [0.717, 1.165) is 45.9 Å². The highest BCUT2D eigenvalue weighted by Crippen LogP contribution is 2.03. The van der Waals surface area contributed by atoms with E-state index >= 15 is 0 Å². The van der Waals surface area contributed by atoms with Crippen LogP contribution in [0.5, 0.6) is 0 Å². The van der Waals surface area contributed by atoms with Crippen molar-refractivity contribution in [3.8, 4) is 0 Å². The number of ether oxygens (including phenoxy) is 2. The third-order valence-corrected chi connectivity index (χ3v) is 1.96. The Labute approximate surface area is 80.1 Å². The van der Waals surface area contributed by atoms with Gasteiger partial charge in [0.1, 0.15) is 0 Å². The number of hydrogen-bond acceptors (Lipinski definition) is 3. The van der Waals surface area contributed by atoms with Gasteiger partial charge in [-0.25, -0.2) is 0 Å². The lowest BCUT2D eigenvalue weighted by molar-refractivity contribution is 0.143. The zero-order valence-corrected chi connectivity index (χ0v) is 8.34. The Morgan fingerprint density at radius 2 is 2.54 bits per heavy atom. The van der Waals surface area contributed by atoms with Crippen molar-refractivity contribution in [1.82, 2.24) is 5.32 Å². The van der Waals surface area contributed by atoms with Gasteiger partial charge in [-0.2, -0.15) is 0 Å². The van der Waals surface area contributed by atoms with Gasteiger partial charge in [0, 0.05) is 19.7 Å². The van der Waals surface area contributed by atoms with Gasteiger partial charge in [0.05, 0.1) is 19.8 Å². The fourth-order valence-corrected chi connectivity index (χ4v) is 1.27. The van der Waals surface area contributed by atoms with Gasteiger partial charge < -0.3 is 14.8 Å². The molecule has 0 aromatic heterocycles. The largest absolute Gasteiger partial charge is 0.380 e. The van der Waals surface area contributed by atoms with Crippen LogP contribution in [0.15, 0.2) is 11.6 Å². The van der Waals surface area contributed by atoms with E-state index in [1.54, 1.807) is 0 Å². The molecule has 0 bridgehead atoms. The van der Waals surface area contributed by atoms with Crippen LogP contribution in [-0.4, -0.2) is 39.5 Å². The molecule has 1 N–H and O–H groups in total. The molecule has 0 aromatic carbocycles. The van der Waals surface area contributed by atoms with Crippen LogP contribution in [0, 0.1) is 0 Å². The quantitative estimate of drug-likeness (QED) is 0.494. The zero-order chi connectivity index (χ0) is 9.36. The van der Waals surface area contributed by atoms with Crippen molar-refractivity contribution in [3.05, 3.63) is 11.6 Å². The Kier molecular flexibility index (Phi) is 5.81. The van der Waals surface area contributed by atoms with Gasteiger partial charge in [-0.15, -0.1) is 0 Å². The normalized spacial score (nSPS) is 17.2. The van der Waals surface area contributed by atoms with E-state index in [0.29, 0.717) is 0 Å². The third kappa shape index (κ3) is 5.03. The van der Waals surface area contributed by atoms with E-state index in [-0.39, 0.29) is 0 Å². The van der Waals surface area contributed by atoms with Crippen LogP contribution in [0.4, 0.5) is 0 Å². The van der Waals surface area contributed by atoms with Gasteiger partial charge in [0.25, 0.3) is 0 Å². The van der Waals surface area contributed by atoms with Crippen LogP contribution in [0.1, 0.15) is 13.3 Å². The van der Waals surface area contributed by atoms with Crippen molar-refractivity contribution < 1.29 is 9.47 Å². The maximum Gasteiger partial charge on any atom is 0.0689 e. The molecule has 0 amide bonds. The Morgan fingerprint density at radius 3 is 3.23 bits per heavy atom. The zero-order valence-electron chi connectivity index (χ0n) is 8.34. The predicted molar refractivity (Wildman–Crippen MR) is 52.9 cm³/mol. The molecule has 0 spiro atoms. The van der Waals surface area contributed by atoms with Crippen LogP contribution in [0.3, 0.4) is 0 Å². The molecule has 1 aliphatic heterocycles. The van der Waals surface area contributed by atoms with Crippen molar-refractivity contribution >= 4 is 0 Å². The maximum absolute atomic E-state index is 5.32. The van der Waals surface area contributed by atoms with E-state index in [1.807, 2.05) is 6.92 Å². The molecule has 1 rings (SSSR count). The Balaban J connectivity index is 1.95. The Hall–Kier alpha value is -0.380. The van der Waals surface area contributed by atoms with Gasteiger partial charge in [-0.3, -0.25) is 0 Å². The Bertz CT molecular complexity index is 157. The summed E-state index contributed by atoms with van der Waals surface area (Å²) in [5.41, 5.74) is 1.36. The number of rotatable bonds is 6. The summed E-state index contributed by atoms with van der Waals surface area (Å²) in [4.78, 5) is 0. The third-order valence-electron chi connectivity index (χ3n) is 1.96. The lowest BCUT2D eigenvalue weighted by Gasteiger charge is -2.14. The molecule has 1 heterocycles. The van der Waals surface area contributed by atoms with Gasteiger partial charge in [0.15, 0.2) is 0 Å². The van der Waals surface area contributed by atoms with E-state index in [2.05, 4.69) is 11.4 Å². The highest BCUT2D eigenvalue weighted by molar-refractivity contribution is 5.06. The summed E-state index contributed by atoms with van der Waals surface area (Å²) in [7, 11) is 0. The number of hydrogen-bond donors (Lipinski definition) is 1. The second-order valence-corrected chi connectivity index (χ2v) is 3.08. The highest BCUT2D eigenvalue weighted by atomic mass is 16.5. The highest BCUT2D eigenvalue weighted by Gasteiger charge is 2.01. The topological polar surface area (TPSA) is 30.5 Å². The lowest BCUT2D eigenvalue weighted by Crippen LogP contribution is -2.24. The smallest absolute Gasteiger partial charge is 0.0689 e. The minimum Gasteiger partial charge on any atom is -0.380 e. The summed E-state index contributed by atoms with van der Waals surface area (Å²) >= 11 is 0. The summed E-state index contributed by atoms with van der Waals surface area (Å²) in [5, 5.41) is 3.32. The van der Waals surface area contributed by atoms with Gasteiger partial charge in [-0.1, -0.05) is 6.08 Å². The standard InChI is InChI=1S/C10H19NO2/c1-2-12-7-5-11-8-10-4-3-6-13-9-10/h4,11H,2-3,5-9H2,1H3. The van der Waals surface area contributed by atoms with Gasteiger partial charge in [-0.05, 0) is 18.9 Å². The molecular formula is C10H19NO2. The van der Waals surface area contributed by atoms with Crippen LogP contribution < -0.4 is 5.32 Å². The van der Waals surface area contributed by atoms with Crippen molar-refractivity contribution in [2.45, 2.75) is 13.3 Å². The monoisotopic (exact) mass is 185 g/mol. The van der Waals surface area contributed by atoms with Crippen LogP contribution in [-0.2, 0) is 9.47 Å².